The van der Waals surface area contributed by atoms with Gasteiger partial charge in [-0.15, -0.1) is 0 Å². The van der Waals surface area contributed by atoms with Crippen molar-refractivity contribution in [3.05, 3.63) is 0 Å². The molecule has 3 nitrogen and oxygen atoms in total. The van der Waals surface area contributed by atoms with E-state index in [4.69, 9.17) is 10.8 Å². The number of hydrogen-bond acceptors (Lipinski definition) is 2. The molecule has 0 spiro atoms. The van der Waals surface area contributed by atoms with Crippen molar-refractivity contribution in [3.63, 3.8) is 0 Å². The molecule has 0 aliphatic rings. The van der Waals surface area contributed by atoms with Crippen LogP contribution in [0.25, 0.3) is 0 Å². The average Bonchev–Trinajstić information content (AvgIpc) is 1.65. The first-order valence-electron chi connectivity index (χ1n) is 2.17. The molecule has 42 valence electrons. The maximum absolute atomic E-state index is 9.81. The fourth-order valence-corrected chi connectivity index (χ4v) is 0.175. The molecule has 0 aromatic carbocycles. The topological polar surface area (TPSA) is 63.3 Å². The van der Waals surface area contributed by atoms with E-state index in [1.54, 1.807) is 6.92 Å². The number of hydrogen-bond donors (Lipinski definition) is 2. The van der Waals surface area contributed by atoms with Gasteiger partial charge in [-0.1, -0.05) is 6.92 Å². The Kier molecular flexibility index (Phi) is 2.37. The predicted molar refractivity (Wildman–Crippen MR) is 25.9 cm³/mol. The summed E-state index contributed by atoms with van der Waals surface area (Å²) in [5.74, 6) is -0.928. The minimum absolute atomic E-state index is 0.495. The lowest BCUT2D eigenvalue weighted by Crippen LogP contribution is -2.28. The molecule has 0 aliphatic carbocycles. The van der Waals surface area contributed by atoms with Crippen LogP contribution in [-0.2, 0) is 4.79 Å². The van der Waals surface area contributed by atoms with Crippen LogP contribution in [0, 0.1) is 0 Å². The van der Waals surface area contributed by atoms with Crippen molar-refractivity contribution in [2.24, 2.45) is 5.73 Å². The molecule has 0 saturated heterocycles. The molecule has 0 aromatic rings. The molecule has 0 saturated carbocycles. The lowest BCUT2D eigenvalue weighted by molar-refractivity contribution is -0.138. The molecule has 3 N–H and O–H groups in total. The van der Waals surface area contributed by atoms with E-state index >= 15 is 0 Å². The van der Waals surface area contributed by atoms with Crippen LogP contribution in [0.5, 0.6) is 0 Å². The highest BCUT2D eigenvalue weighted by Crippen LogP contribution is 1.82. The molecule has 1 atom stereocenters. The Morgan fingerprint density at radius 3 is 2.43 bits per heavy atom. The van der Waals surface area contributed by atoms with Gasteiger partial charge in [0.1, 0.15) is 6.04 Å². The summed E-state index contributed by atoms with van der Waals surface area (Å²) < 4.78 is 0. The highest BCUT2D eigenvalue weighted by atomic mass is 16.4. The number of carboxylic acids is 1. The van der Waals surface area contributed by atoms with Crippen LogP contribution in [0.3, 0.4) is 0 Å². The average molecular weight is 102 g/mol. The molecular formula is C4H9NO2. The Morgan fingerprint density at radius 2 is 2.43 bits per heavy atom. The summed E-state index contributed by atoms with van der Waals surface area (Å²) >= 11 is 0. The number of aliphatic carboxylic acids is 1. The summed E-state index contributed by atoms with van der Waals surface area (Å²) in [7, 11) is 0. The molecule has 0 amide bonds. The molecular weight excluding hydrogens is 93.0 g/mol. The van der Waals surface area contributed by atoms with Gasteiger partial charge in [0.15, 0.2) is 0 Å². The van der Waals surface area contributed by atoms with Gasteiger partial charge < -0.3 is 10.8 Å². The van der Waals surface area contributed by atoms with E-state index in [9.17, 15) is 4.79 Å². The highest BCUT2D eigenvalue weighted by molar-refractivity contribution is 5.72. The summed E-state index contributed by atoms with van der Waals surface area (Å²) in [5, 5.41) is 8.06. The highest BCUT2D eigenvalue weighted by Gasteiger charge is 2.05. The monoisotopic (exact) mass is 102 g/mol. The lowest BCUT2D eigenvalue weighted by atomic mass is 9.84. The van der Waals surface area contributed by atoms with Crippen LogP contribution in [0.2, 0.25) is 0 Å². The molecule has 0 heterocycles. The zero-order valence-electron chi connectivity index (χ0n) is 4.22. The van der Waals surface area contributed by atoms with Crippen LogP contribution < -0.4 is 5.73 Å². The second-order valence-electron chi connectivity index (χ2n) is 1.35. The molecule has 7 heavy (non-hydrogen) atoms. The van der Waals surface area contributed by atoms with E-state index in [0.717, 1.165) is 0 Å². The third-order valence-corrected chi connectivity index (χ3v) is 0.757. The van der Waals surface area contributed by atoms with Gasteiger partial charge in [-0.05, 0) is 6.42 Å². The van der Waals surface area contributed by atoms with Gasteiger partial charge in [0.2, 0.25) is 0 Å². The Hall–Kier alpha value is -0.570. The van der Waals surface area contributed by atoms with Gasteiger partial charge in [-0.2, -0.15) is 0 Å². The van der Waals surface area contributed by atoms with Gasteiger partial charge in [-0.3, -0.25) is 4.79 Å². The standard InChI is InChI=1S/C4H9NO2/c1-2-3(5)4(6)7/h3H,2,5H2,1H3,(H,6,7)/t3-/m1/s1/i2-1. The quantitative estimate of drug-likeness (QED) is 0.508. The number of carboxylic acid groups (broad SMARTS) is 1. The third kappa shape index (κ3) is 2.17. The molecule has 0 fully saturated rings. The predicted octanol–water partition coefficient (Wildman–Crippen LogP) is -0.192. The van der Waals surface area contributed by atoms with Crippen LogP contribution >= 0.6 is 0 Å². The minimum Gasteiger partial charge on any atom is -0.480 e. The normalized spacial score (nSPS) is 13.4. The van der Waals surface area contributed by atoms with Crippen molar-refractivity contribution < 1.29 is 9.90 Å². The summed E-state index contributed by atoms with van der Waals surface area (Å²) in [6.07, 6.45) is 0.495. The summed E-state index contributed by atoms with van der Waals surface area (Å²) in [6, 6.07) is -0.681. The van der Waals surface area contributed by atoms with Crippen molar-refractivity contribution >= 4 is 5.97 Å². The van der Waals surface area contributed by atoms with E-state index in [1.807, 2.05) is 0 Å². The van der Waals surface area contributed by atoms with Gasteiger partial charge in [0.25, 0.3) is 0 Å². The molecule has 0 unspecified atom stereocenters. The summed E-state index contributed by atoms with van der Waals surface area (Å²) in [4.78, 5) is 9.81. The van der Waals surface area contributed by atoms with Crippen LogP contribution in [0.4, 0.5) is 0 Å². The fourth-order valence-electron chi connectivity index (χ4n) is 0.175. The second kappa shape index (κ2) is 2.58. The van der Waals surface area contributed by atoms with Crippen molar-refractivity contribution in [1.29, 1.82) is 0 Å². The molecule has 0 radical (unpaired) electrons. The molecule has 0 rings (SSSR count). The van der Waals surface area contributed by atoms with Gasteiger partial charge in [-0.25, -0.2) is 0 Å². The Balaban J connectivity index is 3.34. The summed E-state index contributed by atoms with van der Waals surface area (Å²) in [6.45, 7) is 1.73. The van der Waals surface area contributed by atoms with Crippen LogP contribution in [-0.4, -0.2) is 17.1 Å². The zero-order chi connectivity index (χ0) is 5.86. The maximum atomic E-state index is 9.81. The number of nitrogens with two attached hydrogens (primary N) is 1. The molecule has 0 aromatic heterocycles. The maximum Gasteiger partial charge on any atom is 0.320 e. The lowest BCUT2D eigenvalue weighted by Gasteiger charge is -1.97. The molecule has 3 heteroatoms. The van der Waals surface area contributed by atoms with E-state index in [2.05, 4.69) is 0 Å². The SMILES string of the molecule is C[11CH2][C@@H](N)C(=O)O. The first-order valence-corrected chi connectivity index (χ1v) is 2.17. The van der Waals surface area contributed by atoms with Gasteiger partial charge in [0, 0.05) is 0 Å². The van der Waals surface area contributed by atoms with E-state index in [0.29, 0.717) is 6.42 Å². The van der Waals surface area contributed by atoms with Crippen molar-refractivity contribution in [2.45, 2.75) is 19.4 Å². The fraction of sp³-hybridized carbons (Fsp3) is 0.750. The van der Waals surface area contributed by atoms with E-state index < -0.39 is 12.0 Å². The van der Waals surface area contributed by atoms with Crippen LogP contribution in [0.1, 0.15) is 13.3 Å². The largest absolute Gasteiger partial charge is 0.480 e. The zero-order valence-corrected chi connectivity index (χ0v) is 4.22. The first kappa shape index (κ1) is 6.43. The van der Waals surface area contributed by atoms with Gasteiger partial charge in [0.05, 0.1) is 0 Å². The third-order valence-electron chi connectivity index (χ3n) is 0.757. The Morgan fingerprint density at radius 1 is 2.00 bits per heavy atom. The Labute approximate surface area is 42.1 Å². The van der Waals surface area contributed by atoms with Crippen molar-refractivity contribution in [2.75, 3.05) is 0 Å². The van der Waals surface area contributed by atoms with Crippen molar-refractivity contribution in [1.82, 2.24) is 0 Å². The van der Waals surface area contributed by atoms with Crippen molar-refractivity contribution in [3.8, 4) is 0 Å². The molecule has 0 aliphatic heterocycles. The summed E-state index contributed by atoms with van der Waals surface area (Å²) in [5.41, 5.74) is 5.02. The minimum atomic E-state index is -0.928. The Bertz CT molecular complexity index is 72.1. The van der Waals surface area contributed by atoms with Crippen LogP contribution in [0.15, 0.2) is 0 Å². The van der Waals surface area contributed by atoms with Gasteiger partial charge >= 0.3 is 5.97 Å². The van der Waals surface area contributed by atoms with E-state index in [1.165, 1.54) is 0 Å². The molecule has 0 bridgehead atoms. The number of rotatable bonds is 2. The number of carbonyl (C=O) groups is 1. The first-order chi connectivity index (χ1) is 3.18. The van der Waals surface area contributed by atoms with E-state index in [-0.39, 0.29) is 0 Å². The second-order valence-corrected chi connectivity index (χ2v) is 1.35. The smallest absolute Gasteiger partial charge is 0.320 e.